The topological polar surface area (TPSA) is 78.9 Å². The molecule has 0 atom stereocenters. The van der Waals surface area contributed by atoms with Crippen LogP contribution in [0.25, 0.3) is 17.3 Å². The van der Waals surface area contributed by atoms with E-state index >= 15 is 0 Å². The molecule has 0 unspecified atom stereocenters. The molecule has 0 radical (unpaired) electrons. The lowest BCUT2D eigenvalue weighted by molar-refractivity contribution is 0.414. The van der Waals surface area contributed by atoms with Crippen molar-refractivity contribution >= 4 is 0 Å². The minimum Gasteiger partial charge on any atom is -0.497 e. The second-order valence-electron chi connectivity index (χ2n) is 5.80. The Kier molecular flexibility index (Phi) is 4.18. The first-order chi connectivity index (χ1) is 12.7. The Hall–Kier alpha value is -3.48. The van der Waals surface area contributed by atoms with Gasteiger partial charge in [-0.05, 0) is 24.6 Å². The van der Waals surface area contributed by atoms with Crippen LogP contribution in [0, 0.1) is 6.92 Å². The molecule has 0 spiro atoms. The quantitative estimate of drug-likeness (QED) is 0.551. The van der Waals surface area contributed by atoms with E-state index in [1.54, 1.807) is 11.8 Å². The van der Waals surface area contributed by atoms with Crippen molar-refractivity contribution in [3.63, 3.8) is 0 Å². The van der Waals surface area contributed by atoms with Crippen molar-refractivity contribution in [3.05, 3.63) is 71.7 Å². The summed E-state index contributed by atoms with van der Waals surface area (Å²) in [5.41, 5.74) is 3.34. The summed E-state index contributed by atoms with van der Waals surface area (Å²) in [6.45, 7) is 1.91. The highest BCUT2D eigenvalue weighted by molar-refractivity contribution is 5.52. The Bertz CT molecular complexity index is 1020. The number of methoxy groups -OCH3 is 1. The highest BCUT2D eigenvalue weighted by atomic mass is 16.5. The lowest BCUT2D eigenvalue weighted by Crippen LogP contribution is -1.99. The summed E-state index contributed by atoms with van der Waals surface area (Å²) in [5.74, 6) is 1.66. The normalized spacial score (nSPS) is 10.8. The molecule has 7 heteroatoms. The van der Waals surface area contributed by atoms with Crippen molar-refractivity contribution in [2.45, 2.75) is 13.3 Å². The van der Waals surface area contributed by atoms with E-state index in [0.29, 0.717) is 23.9 Å². The fourth-order valence-corrected chi connectivity index (χ4v) is 2.71. The first-order valence-corrected chi connectivity index (χ1v) is 8.18. The first kappa shape index (κ1) is 16.0. The summed E-state index contributed by atoms with van der Waals surface area (Å²) in [6.07, 6.45) is 0.580. The second kappa shape index (κ2) is 6.79. The maximum Gasteiger partial charge on any atom is 0.270 e. The van der Waals surface area contributed by atoms with E-state index in [4.69, 9.17) is 9.15 Å². The minimum atomic E-state index is 0.363. The average Bonchev–Trinajstić information content (AvgIpc) is 3.29. The molecule has 0 aliphatic carbocycles. The molecular weight excluding hydrogens is 330 g/mol. The number of rotatable bonds is 5. The minimum absolute atomic E-state index is 0.363. The second-order valence-corrected chi connectivity index (χ2v) is 5.80. The van der Waals surface area contributed by atoms with Gasteiger partial charge in [0.15, 0.2) is 5.69 Å². The van der Waals surface area contributed by atoms with E-state index in [0.717, 1.165) is 22.7 Å². The standard InChI is InChI=1S/C19H17N5O2/c1-13-18(21-23-24(13)15-9-6-10-16(12-15)25-2)19-22-20-17(26-19)11-14-7-4-3-5-8-14/h3-10,12H,11H2,1-2H3. The third-order valence-electron chi connectivity index (χ3n) is 4.06. The lowest BCUT2D eigenvalue weighted by Gasteiger charge is -2.05. The SMILES string of the molecule is COc1cccc(-n2nnc(-c3nnc(Cc4ccccc4)o3)c2C)c1. The molecule has 26 heavy (non-hydrogen) atoms. The predicted octanol–water partition coefficient (Wildman–Crippen LogP) is 3.23. The molecule has 130 valence electrons. The van der Waals surface area contributed by atoms with Crippen molar-refractivity contribution in [1.82, 2.24) is 25.2 Å². The Morgan fingerprint density at radius 1 is 1.00 bits per heavy atom. The Labute approximate surface area is 150 Å². The number of ether oxygens (including phenoxy) is 1. The molecule has 7 nitrogen and oxygen atoms in total. The van der Waals surface area contributed by atoms with Gasteiger partial charge in [0.25, 0.3) is 5.89 Å². The van der Waals surface area contributed by atoms with Crippen LogP contribution in [0.4, 0.5) is 0 Å². The van der Waals surface area contributed by atoms with Gasteiger partial charge in [0.05, 0.1) is 24.9 Å². The van der Waals surface area contributed by atoms with Crippen molar-refractivity contribution < 1.29 is 9.15 Å². The van der Waals surface area contributed by atoms with Gasteiger partial charge in [0.2, 0.25) is 5.89 Å². The Morgan fingerprint density at radius 3 is 2.65 bits per heavy atom. The van der Waals surface area contributed by atoms with Gasteiger partial charge < -0.3 is 9.15 Å². The third kappa shape index (κ3) is 3.06. The maximum atomic E-state index is 5.79. The van der Waals surface area contributed by atoms with Crippen LogP contribution in [0.2, 0.25) is 0 Å². The highest BCUT2D eigenvalue weighted by Gasteiger charge is 2.18. The van der Waals surface area contributed by atoms with Crippen molar-refractivity contribution in [3.8, 4) is 23.0 Å². The van der Waals surface area contributed by atoms with E-state index in [1.165, 1.54) is 0 Å². The third-order valence-corrected chi connectivity index (χ3v) is 4.06. The van der Waals surface area contributed by atoms with Crippen molar-refractivity contribution in [2.75, 3.05) is 7.11 Å². The molecule has 0 N–H and O–H groups in total. The number of hydrogen-bond donors (Lipinski definition) is 0. The number of benzene rings is 2. The summed E-state index contributed by atoms with van der Waals surface area (Å²) in [7, 11) is 1.63. The lowest BCUT2D eigenvalue weighted by atomic mass is 10.2. The number of aromatic nitrogens is 5. The Morgan fingerprint density at radius 2 is 1.85 bits per heavy atom. The van der Waals surface area contributed by atoms with Crippen LogP contribution >= 0.6 is 0 Å². The van der Waals surface area contributed by atoms with Crippen LogP contribution in [0.3, 0.4) is 0 Å². The maximum absolute atomic E-state index is 5.79. The van der Waals surface area contributed by atoms with E-state index in [9.17, 15) is 0 Å². The number of nitrogens with zero attached hydrogens (tertiary/aromatic N) is 5. The van der Waals surface area contributed by atoms with Gasteiger partial charge in [-0.3, -0.25) is 0 Å². The largest absolute Gasteiger partial charge is 0.497 e. The van der Waals surface area contributed by atoms with Crippen LogP contribution in [0.5, 0.6) is 5.75 Å². The molecule has 0 aliphatic heterocycles. The molecule has 0 fully saturated rings. The van der Waals surface area contributed by atoms with Crippen LogP contribution in [-0.4, -0.2) is 32.3 Å². The van der Waals surface area contributed by atoms with Crippen LogP contribution in [0.15, 0.2) is 59.0 Å². The van der Waals surface area contributed by atoms with E-state index in [-0.39, 0.29) is 0 Å². The van der Waals surface area contributed by atoms with Crippen molar-refractivity contribution in [2.24, 2.45) is 0 Å². The summed E-state index contributed by atoms with van der Waals surface area (Å²) >= 11 is 0. The van der Waals surface area contributed by atoms with Crippen LogP contribution in [-0.2, 0) is 6.42 Å². The molecule has 0 bridgehead atoms. The zero-order chi connectivity index (χ0) is 17.9. The zero-order valence-electron chi connectivity index (χ0n) is 14.5. The number of hydrogen-bond acceptors (Lipinski definition) is 6. The molecule has 2 heterocycles. The summed E-state index contributed by atoms with van der Waals surface area (Å²) in [4.78, 5) is 0. The summed E-state index contributed by atoms with van der Waals surface area (Å²) in [6, 6.07) is 17.6. The monoisotopic (exact) mass is 347 g/mol. The summed E-state index contributed by atoms with van der Waals surface area (Å²) < 4.78 is 12.8. The average molecular weight is 347 g/mol. The van der Waals surface area contributed by atoms with E-state index in [2.05, 4.69) is 20.5 Å². The summed E-state index contributed by atoms with van der Waals surface area (Å²) in [5, 5.41) is 16.7. The fraction of sp³-hybridized carbons (Fsp3) is 0.158. The molecule has 4 rings (SSSR count). The van der Waals surface area contributed by atoms with Crippen LogP contribution < -0.4 is 4.74 Å². The zero-order valence-corrected chi connectivity index (χ0v) is 14.5. The molecule has 0 amide bonds. The Balaban J connectivity index is 1.62. The molecule has 2 aromatic carbocycles. The molecule has 0 saturated heterocycles. The van der Waals surface area contributed by atoms with Gasteiger partial charge in [-0.25, -0.2) is 4.68 Å². The van der Waals surface area contributed by atoms with Gasteiger partial charge in [0.1, 0.15) is 5.75 Å². The van der Waals surface area contributed by atoms with Gasteiger partial charge >= 0.3 is 0 Å². The molecule has 4 aromatic rings. The first-order valence-electron chi connectivity index (χ1n) is 8.18. The van der Waals surface area contributed by atoms with Gasteiger partial charge in [-0.15, -0.1) is 15.3 Å². The van der Waals surface area contributed by atoms with Crippen molar-refractivity contribution in [1.29, 1.82) is 0 Å². The highest BCUT2D eigenvalue weighted by Crippen LogP contribution is 2.24. The molecule has 0 saturated carbocycles. The van der Waals surface area contributed by atoms with E-state index < -0.39 is 0 Å². The van der Waals surface area contributed by atoms with E-state index in [1.807, 2.05) is 61.5 Å². The van der Waals surface area contributed by atoms with Gasteiger partial charge in [-0.1, -0.05) is 41.6 Å². The predicted molar refractivity (Wildman–Crippen MR) is 95.2 cm³/mol. The molecular formula is C19H17N5O2. The fourth-order valence-electron chi connectivity index (χ4n) is 2.71. The van der Waals surface area contributed by atoms with Crippen LogP contribution in [0.1, 0.15) is 17.1 Å². The smallest absolute Gasteiger partial charge is 0.270 e. The molecule has 0 aliphatic rings. The molecule has 2 aromatic heterocycles. The van der Waals surface area contributed by atoms with Gasteiger partial charge in [-0.2, -0.15) is 0 Å². The van der Waals surface area contributed by atoms with Gasteiger partial charge in [0, 0.05) is 6.07 Å².